The molecule has 1 aromatic carbocycles. The summed E-state index contributed by atoms with van der Waals surface area (Å²) < 4.78 is 12.1. The first-order valence-electron chi connectivity index (χ1n) is 9.27. The van der Waals surface area contributed by atoms with Crippen molar-refractivity contribution < 1.29 is 14.3 Å². The molecule has 0 bridgehead atoms. The van der Waals surface area contributed by atoms with E-state index in [1.165, 1.54) is 0 Å². The Kier molecular flexibility index (Phi) is 7.04. The van der Waals surface area contributed by atoms with Crippen molar-refractivity contribution in [2.45, 2.75) is 53.1 Å². The Hall–Kier alpha value is -2.77. The van der Waals surface area contributed by atoms with Crippen LogP contribution in [0.1, 0.15) is 40.5 Å². The van der Waals surface area contributed by atoms with Crippen molar-refractivity contribution in [1.82, 2.24) is 14.9 Å². The quantitative estimate of drug-likeness (QED) is 0.694. The van der Waals surface area contributed by atoms with E-state index in [2.05, 4.69) is 10.3 Å². The summed E-state index contributed by atoms with van der Waals surface area (Å²) in [6, 6.07) is 3.21. The minimum Gasteiger partial charge on any atom is -0.490 e. The first-order valence-corrected chi connectivity index (χ1v) is 9.27. The summed E-state index contributed by atoms with van der Waals surface area (Å²) in [6.45, 7) is 8.39. The van der Waals surface area contributed by atoms with Gasteiger partial charge in [0.15, 0.2) is 11.5 Å². The molecule has 0 saturated heterocycles. The van der Waals surface area contributed by atoms with Crippen molar-refractivity contribution >= 4 is 16.8 Å². The van der Waals surface area contributed by atoms with Crippen LogP contribution in [0.5, 0.6) is 11.5 Å². The van der Waals surface area contributed by atoms with Gasteiger partial charge in [-0.3, -0.25) is 14.2 Å². The highest BCUT2D eigenvalue weighted by atomic mass is 16.5. The highest BCUT2D eigenvalue weighted by Gasteiger charge is 2.14. The van der Waals surface area contributed by atoms with Crippen LogP contribution in [0.2, 0.25) is 0 Å². The Labute approximate surface area is 157 Å². The molecule has 1 heterocycles. The summed E-state index contributed by atoms with van der Waals surface area (Å²) in [5.74, 6) is 0.710. The number of hydrogen-bond donors (Lipinski definition) is 2. The average Bonchev–Trinajstić information content (AvgIpc) is 2.63. The monoisotopic (exact) mass is 377 g/mol. The molecular formula is C19H27N3O5. The minimum atomic E-state index is -0.560. The molecule has 2 aromatic rings. The molecule has 0 aliphatic rings. The number of rotatable bonds is 9. The number of aromatic nitrogens is 2. The van der Waals surface area contributed by atoms with Crippen LogP contribution in [0.15, 0.2) is 21.7 Å². The van der Waals surface area contributed by atoms with Gasteiger partial charge >= 0.3 is 5.69 Å². The summed E-state index contributed by atoms with van der Waals surface area (Å²) in [5, 5.41) is 3.13. The normalized spacial score (nSPS) is 12.0. The van der Waals surface area contributed by atoms with Gasteiger partial charge in [-0.2, -0.15) is 0 Å². The molecule has 8 nitrogen and oxygen atoms in total. The number of hydrogen-bond acceptors (Lipinski definition) is 5. The summed E-state index contributed by atoms with van der Waals surface area (Å²) in [6.07, 6.45) is 0.860. The molecule has 1 aromatic heterocycles. The Balaban J connectivity index is 2.38. The summed E-state index contributed by atoms with van der Waals surface area (Å²) in [4.78, 5) is 39.7. The van der Waals surface area contributed by atoms with Gasteiger partial charge in [-0.15, -0.1) is 0 Å². The molecule has 148 valence electrons. The Morgan fingerprint density at radius 2 is 1.78 bits per heavy atom. The van der Waals surface area contributed by atoms with Gasteiger partial charge in [-0.1, -0.05) is 6.92 Å². The second kappa shape index (κ2) is 9.25. The number of amides is 1. The Morgan fingerprint density at radius 3 is 2.37 bits per heavy atom. The fourth-order valence-corrected chi connectivity index (χ4v) is 2.66. The number of aromatic amines is 1. The third-order valence-electron chi connectivity index (χ3n) is 4.23. The van der Waals surface area contributed by atoms with Crippen molar-refractivity contribution in [2.75, 3.05) is 13.2 Å². The van der Waals surface area contributed by atoms with Crippen molar-refractivity contribution in [2.24, 2.45) is 0 Å². The maximum absolute atomic E-state index is 12.8. The van der Waals surface area contributed by atoms with E-state index in [4.69, 9.17) is 9.47 Å². The van der Waals surface area contributed by atoms with Crippen LogP contribution in [-0.2, 0) is 11.3 Å². The Morgan fingerprint density at radius 1 is 1.15 bits per heavy atom. The predicted octanol–water partition coefficient (Wildman–Crippen LogP) is 1.79. The molecule has 0 fully saturated rings. The first kappa shape index (κ1) is 20.5. The van der Waals surface area contributed by atoms with E-state index >= 15 is 0 Å². The number of nitrogens with one attached hydrogen (secondary N) is 2. The van der Waals surface area contributed by atoms with Crippen molar-refractivity contribution in [3.8, 4) is 11.5 Å². The molecule has 2 rings (SSSR count). The SMILES string of the molecule is CCOc1cc2[nH]c(=O)n(CCC(=O)NC(C)CC)c(=O)c2cc1OCC. The number of carbonyl (C=O) groups excluding carboxylic acids is 1. The molecule has 2 N–H and O–H groups in total. The number of nitrogens with zero attached hydrogens (tertiary/aromatic N) is 1. The second-order valence-electron chi connectivity index (χ2n) is 6.22. The zero-order chi connectivity index (χ0) is 20.0. The number of benzene rings is 1. The van der Waals surface area contributed by atoms with Crippen molar-refractivity contribution in [3.05, 3.63) is 33.0 Å². The lowest BCUT2D eigenvalue weighted by Crippen LogP contribution is -2.38. The molecule has 0 radical (unpaired) electrons. The molecular weight excluding hydrogens is 350 g/mol. The third-order valence-corrected chi connectivity index (χ3v) is 4.23. The van der Waals surface area contributed by atoms with Gasteiger partial charge in [0.2, 0.25) is 5.91 Å². The zero-order valence-corrected chi connectivity index (χ0v) is 16.3. The fraction of sp³-hybridized carbons (Fsp3) is 0.526. The summed E-state index contributed by atoms with van der Waals surface area (Å²) in [5.41, 5.74) is -0.651. The standard InChI is InChI=1S/C19H27N3O5/c1-5-12(4)20-17(23)8-9-22-18(24)13-10-15(26-6-2)16(27-7-3)11-14(13)21-19(22)25/h10-12H,5-9H2,1-4H3,(H,20,23)(H,21,25). The van der Waals surface area contributed by atoms with E-state index in [0.717, 1.165) is 11.0 Å². The molecule has 8 heteroatoms. The number of carbonyl (C=O) groups is 1. The predicted molar refractivity (Wildman–Crippen MR) is 104 cm³/mol. The minimum absolute atomic E-state index is 0.00353. The molecule has 27 heavy (non-hydrogen) atoms. The van der Waals surface area contributed by atoms with Crippen LogP contribution in [0.25, 0.3) is 10.9 Å². The lowest BCUT2D eigenvalue weighted by atomic mass is 10.2. The van der Waals surface area contributed by atoms with Crippen LogP contribution in [-0.4, -0.2) is 34.7 Å². The van der Waals surface area contributed by atoms with Gasteiger partial charge in [-0.25, -0.2) is 4.79 Å². The van der Waals surface area contributed by atoms with Gasteiger partial charge in [-0.05, 0) is 33.3 Å². The van der Waals surface area contributed by atoms with Gasteiger partial charge in [0.25, 0.3) is 5.56 Å². The zero-order valence-electron chi connectivity index (χ0n) is 16.3. The summed E-state index contributed by atoms with van der Waals surface area (Å²) in [7, 11) is 0. The van der Waals surface area contributed by atoms with E-state index in [1.54, 1.807) is 12.1 Å². The molecule has 1 unspecified atom stereocenters. The molecule has 0 spiro atoms. The molecule has 1 atom stereocenters. The topological polar surface area (TPSA) is 102 Å². The largest absolute Gasteiger partial charge is 0.490 e. The van der Waals surface area contributed by atoms with E-state index in [9.17, 15) is 14.4 Å². The van der Waals surface area contributed by atoms with Crippen molar-refractivity contribution in [1.29, 1.82) is 0 Å². The number of ether oxygens (including phenoxy) is 2. The van der Waals surface area contributed by atoms with E-state index in [1.807, 2.05) is 27.7 Å². The lowest BCUT2D eigenvalue weighted by Gasteiger charge is -2.13. The van der Waals surface area contributed by atoms with Gasteiger partial charge in [0.05, 0.1) is 24.1 Å². The molecule has 0 aliphatic heterocycles. The second-order valence-corrected chi connectivity index (χ2v) is 6.22. The van der Waals surface area contributed by atoms with E-state index in [0.29, 0.717) is 35.6 Å². The smallest absolute Gasteiger partial charge is 0.328 e. The van der Waals surface area contributed by atoms with Gasteiger partial charge in [0, 0.05) is 25.1 Å². The fourth-order valence-electron chi connectivity index (χ4n) is 2.66. The van der Waals surface area contributed by atoms with Crippen LogP contribution >= 0.6 is 0 Å². The molecule has 1 amide bonds. The van der Waals surface area contributed by atoms with E-state index < -0.39 is 11.2 Å². The van der Waals surface area contributed by atoms with Crippen LogP contribution in [0, 0.1) is 0 Å². The molecule has 0 aliphatic carbocycles. The maximum atomic E-state index is 12.8. The summed E-state index contributed by atoms with van der Waals surface area (Å²) >= 11 is 0. The third kappa shape index (κ3) is 4.90. The molecule has 0 saturated carbocycles. The highest BCUT2D eigenvalue weighted by molar-refractivity contribution is 5.81. The van der Waals surface area contributed by atoms with Crippen LogP contribution in [0.3, 0.4) is 0 Å². The van der Waals surface area contributed by atoms with Crippen LogP contribution in [0.4, 0.5) is 0 Å². The lowest BCUT2D eigenvalue weighted by molar-refractivity contribution is -0.121. The maximum Gasteiger partial charge on any atom is 0.328 e. The highest BCUT2D eigenvalue weighted by Crippen LogP contribution is 2.30. The first-order chi connectivity index (χ1) is 12.9. The number of fused-ring (bicyclic) bond motifs is 1. The Bertz CT molecular complexity index is 916. The van der Waals surface area contributed by atoms with Gasteiger partial charge in [0.1, 0.15) is 0 Å². The van der Waals surface area contributed by atoms with Crippen LogP contribution < -0.4 is 26.0 Å². The number of H-pyrrole nitrogens is 1. The van der Waals surface area contributed by atoms with E-state index in [-0.39, 0.29) is 24.9 Å². The van der Waals surface area contributed by atoms with Crippen molar-refractivity contribution in [3.63, 3.8) is 0 Å². The van der Waals surface area contributed by atoms with Gasteiger partial charge < -0.3 is 19.8 Å². The average molecular weight is 377 g/mol.